The second-order valence-electron chi connectivity index (χ2n) is 5.19. The lowest BCUT2D eigenvalue weighted by molar-refractivity contribution is 0.476. The number of phenolic OH excluding ortho intramolecular Hbond substituents is 1. The van der Waals surface area contributed by atoms with Crippen LogP contribution in [0.5, 0.6) is 5.75 Å². The summed E-state index contributed by atoms with van der Waals surface area (Å²) in [6.07, 6.45) is 10.5. The third kappa shape index (κ3) is 6.71. The topological polar surface area (TPSA) is 32.3 Å². The predicted molar refractivity (Wildman–Crippen MR) is 89.2 cm³/mol. The Morgan fingerprint density at radius 1 is 0.900 bits per heavy atom. The molecular weight excluding hydrogens is 293 g/mol. The number of rotatable bonds is 10. The molecule has 0 spiro atoms. The molecule has 4 heteroatoms. The molecular formula is C16H25Cl2NO. The molecule has 0 aliphatic rings. The van der Waals surface area contributed by atoms with Crippen LogP contribution >= 0.6 is 23.2 Å². The van der Waals surface area contributed by atoms with Gasteiger partial charge in [0.05, 0.1) is 10.0 Å². The maximum absolute atomic E-state index is 9.47. The number of aromatic hydroxyl groups is 1. The minimum Gasteiger partial charge on any atom is -0.505 e. The Balaban J connectivity index is 2.10. The van der Waals surface area contributed by atoms with E-state index in [1.807, 2.05) is 0 Å². The first-order valence-corrected chi connectivity index (χ1v) is 8.32. The van der Waals surface area contributed by atoms with E-state index in [-0.39, 0.29) is 15.8 Å². The summed E-state index contributed by atoms with van der Waals surface area (Å²) in [7, 11) is 0. The molecule has 0 amide bonds. The Kier molecular flexibility index (Phi) is 8.88. The number of phenols is 1. The van der Waals surface area contributed by atoms with Crippen LogP contribution in [0.3, 0.4) is 0 Å². The van der Waals surface area contributed by atoms with Crippen LogP contribution in [0.1, 0.15) is 58.3 Å². The first-order chi connectivity index (χ1) is 9.65. The van der Waals surface area contributed by atoms with Crippen LogP contribution in [0, 0.1) is 0 Å². The molecule has 0 heterocycles. The van der Waals surface area contributed by atoms with Crippen molar-refractivity contribution in [1.82, 2.24) is 0 Å². The molecule has 0 unspecified atom stereocenters. The van der Waals surface area contributed by atoms with E-state index >= 15 is 0 Å². The molecule has 0 fully saturated rings. The lowest BCUT2D eigenvalue weighted by Gasteiger charge is -2.08. The van der Waals surface area contributed by atoms with Crippen molar-refractivity contribution in [2.24, 2.45) is 0 Å². The largest absolute Gasteiger partial charge is 0.505 e. The minimum absolute atomic E-state index is 0.0500. The number of anilines is 1. The quantitative estimate of drug-likeness (QED) is 0.394. The van der Waals surface area contributed by atoms with Gasteiger partial charge in [-0.15, -0.1) is 0 Å². The lowest BCUT2D eigenvalue weighted by Crippen LogP contribution is -2.01. The van der Waals surface area contributed by atoms with Gasteiger partial charge in [-0.1, -0.05) is 75.1 Å². The van der Waals surface area contributed by atoms with Crippen molar-refractivity contribution < 1.29 is 5.11 Å². The number of nitrogens with one attached hydrogen (secondary N) is 1. The van der Waals surface area contributed by atoms with E-state index in [4.69, 9.17) is 23.2 Å². The number of halogens is 2. The molecule has 0 aliphatic carbocycles. The van der Waals surface area contributed by atoms with E-state index < -0.39 is 0 Å². The molecule has 0 aromatic heterocycles. The Morgan fingerprint density at radius 2 is 1.40 bits per heavy atom. The van der Waals surface area contributed by atoms with E-state index in [0.29, 0.717) is 0 Å². The van der Waals surface area contributed by atoms with Crippen molar-refractivity contribution in [3.05, 3.63) is 22.2 Å². The van der Waals surface area contributed by atoms with Gasteiger partial charge in [0.25, 0.3) is 0 Å². The first-order valence-electron chi connectivity index (χ1n) is 7.57. The fourth-order valence-electron chi connectivity index (χ4n) is 2.16. The summed E-state index contributed by atoms with van der Waals surface area (Å²) in [5.41, 5.74) is 0.862. The molecule has 1 aromatic rings. The fourth-order valence-corrected chi connectivity index (χ4v) is 2.65. The lowest BCUT2D eigenvalue weighted by atomic mass is 10.1. The maximum atomic E-state index is 9.47. The van der Waals surface area contributed by atoms with E-state index in [1.165, 1.54) is 44.9 Å². The summed E-state index contributed by atoms with van der Waals surface area (Å²) < 4.78 is 0. The van der Waals surface area contributed by atoms with Crippen molar-refractivity contribution in [2.45, 2.75) is 58.3 Å². The van der Waals surface area contributed by atoms with Crippen LogP contribution in [0.25, 0.3) is 0 Å². The highest BCUT2D eigenvalue weighted by molar-refractivity contribution is 6.37. The molecule has 114 valence electrons. The smallest absolute Gasteiger partial charge is 0.152 e. The number of unbranched alkanes of at least 4 members (excludes halogenated alkanes) is 7. The van der Waals surface area contributed by atoms with Crippen LogP contribution in [0.2, 0.25) is 10.0 Å². The van der Waals surface area contributed by atoms with Gasteiger partial charge in [-0.2, -0.15) is 0 Å². The zero-order chi connectivity index (χ0) is 14.8. The van der Waals surface area contributed by atoms with E-state index in [2.05, 4.69) is 12.2 Å². The first kappa shape index (κ1) is 17.5. The Hall–Kier alpha value is -0.600. The van der Waals surface area contributed by atoms with Gasteiger partial charge < -0.3 is 10.4 Å². The highest BCUT2D eigenvalue weighted by Crippen LogP contribution is 2.34. The van der Waals surface area contributed by atoms with Crippen molar-refractivity contribution >= 4 is 28.9 Å². The van der Waals surface area contributed by atoms with E-state index in [1.54, 1.807) is 12.1 Å². The Labute approximate surface area is 132 Å². The Morgan fingerprint density at radius 3 is 1.95 bits per heavy atom. The summed E-state index contributed by atoms with van der Waals surface area (Å²) in [4.78, 5) is 0. The zero-order valence-corrected chi connectivity index (χ0v) is 13.7. The molecule has 1 aromatic carbocycles. The van der Waals surface area contributed by atoms with Crippen LogP contribution < -0.4 is 5.32 Å². The number of hydrogen-bond donors (Lipinski definition) is 2. The molecule has 0 bridgehead atoms. The highest BCUT2D eigenvalue weighted by Gasteiger charge is 2.05. The van der Waals surface area contributed by atoms with Gasteiger partial charge in [0, 0.05) is 12.2 Å². The molecule has 1 rings (SSSR count). The monoisotopic (exact) mass is 317 g/mol. The van der Waals surface area contributed by atoms with Crippen LogP contribution in [-0.2, 0) is 0 Å². The van der Waals surface area contributed by atoms with Gasteiger partial charge in [-0.3, -0.25) is 0 Å². The molecule has 0 atom stereocenters. The maximum Gasteiger partial charge on any atom is 0.152 e. The number of hydrogen-bond acceptors (Lipinski definition) is 2. The second kappa shape index (κ2) is 10.2. The Bertz CT molecular complexity index is 373. The SMILES string of the molecule is CCCCCCCCCCNc1cc(Cl)c(O)c(Cl)c1. The highest BCUT2D eigenvalue weighted by atomic mass is 35.5. The normalized spacial score (nSPS) is 10.8. The van der Waals surface area contributed by atoms with Gasteiger partial charge in [-0.05, 0) is 18.6 Å². The molecule has 20 heavy (non-hydrogen) atoms. The van der Waals surface area contributed by atoms with Gasteiger partial charge in [-0.25, -0.2) is 0 Å². The van der Waals surface area contributed by atoms with Gasteiger partial charge in [0.1, 0.15) is 0 Å². The molecule has 0 aliphatic heterocycles. The van der Waals surface area contributed by atoms with E-state index in [9.17, 15) is 5.11 Å². The van der Waals surface area contributed by atoms with Crippen LogP contribution in [0.4, 0.5) is 5.69 Å². The summed E-state index contributed by atoms with van der Waals surface area (Å²) >= 11 is 11.7. The molecule has 0 saturated heterocycles. The summed E-state index contributed by atoms with van der Waals surface area (Å²) in [5, 5.41) is 13.3. The van der Waals surface area contributed by atoms with Gasteiger partial charge >= 0.3 is 0 Å². The summed E-state index contributed by atoms with van der Waals surface area (Å²) in [6.45, 7) is 3.15. The molecule has 0 radical (unpaired) electrons. The van der Waals surface area contributed by atoms with Crippen LogP contribution in [-0.4, -0.2) is 11.7 Å². The number of benzene rings is 1. The summed E-state index contributed by atoms with van der Waals surface area (Å²) in [6, 6.07) is 3.40. The average Bonchev–Trinajstić information content (AvgIpc) is 2.43. The van der Waals surface area contributed by atoms with Crippen LogP contribution in [0.15, 0.2) is 12.1 Å². The van der Waals surface area contributed by atoms with Crippen molar-refractivity contribution in [1.29, 1.82) is 0 Å². The molecule has 0 saturated carbocycles. The standard InChI is InChI=1S/C16H25Cl2NO/c1-2-3-4-5-6-7-8-9-10-19-13-11-14(17)16(20)15(18)12-13/h11-12,19-20H,2-10H2,1H3. The van der Waals surface area contributed by atoms with E-state index in [0.717, 1.165) is 18.7 Å². The second-order valence-corrected chi connectivity index (χ2v) is 6.00. The fraction of sp³-hybridized carbons (Fsp3) is 0.625. The zero-order valence-electron chi connectivity index (χ0n) is 12.2. The third-order valence-corrected chi connectivity index (χ3v) is 3.95. The predicted octanol–water partition coefficient (Wildman–Crippen LogP) is 6.25. The third-order valence-electron chi connectivity index (χ3n) is 3.38. The van der Waals surface area contributed by atoms with Crippen molar-refractivity contribution in [3.8, 4) is 5.75 Å². The molecule has 2 N–H and O–H groups in total. The minimum atomic E-state index is -0.0500. The average molecular weight is 318 g/mol. The van der Waals surface area contributed by atoms with Crippen molar-refractivity contribution in [2.75, 3.05) is 11.9 Å². The van der Waals surface area contributed by atoms with Gasteiger partial charge in [0.2, 0.25) is 0 Å². The summed E-state index contributed by atoms with van der Waals surface area (Å²) in [5.74, 6) is -0.0500. The molecule has 2 nitrogen and oxygen atoms in total. The van der Waals surface area contributed by atoms with Crippen molar-refractivity contribution in [3.63, 3.8) is 0 Å². The van der Waals surface area contributed by atoms with Gasteiger partial charge in [0.15, 0.2) is 5.75 Å².